The molecule has 0 fully saturated rings. The molecule has 0 aromatic heterocycles. The van der Waals surface area contributed by atoms with Crippen molar-refractivity contribution in [3.63, 3.8) is 0 Å². The van der Waals surface area contributed by atoms with E-state index in [1.54, 1.807) is 5.01 Å². The molecule has 262 valence electrons. The van der Waals surface area contributed by atoms with Crippen molar-refractivity contribution in [1.82, 2.24) is 5.01 Å². The summed E-state index contributed by atoms with van der Waals surface area (Å²) in [6.45, 7) is 0. The Morgan fingerprint density at radius 3 is 1.04 bits per heavy atom. The molecular weight excluding hydrogens is 685 g/mol. The normalized spacial score (nSPS) is 14.1. The molecule has 4 N–H and O–H groups in total. The smallest absolute Gasteiger partial charge is 0.225 e. The largest absolute Gasteiger partial charge is 0.324 e. The van der Waals surface area contributed by atoms with Crippen molar-refractivity contribution >= 4 is 126 Å². The van der Waals surface area contributed by atoms with Crippen molar-refractivity contribution in [2.24, 2.45) is 15.8 Å². The summed E-state index contributed by atoms with van der Waals surface area (Å²) in [5.74, 6) is 8.24. The molecule has 4 aliphatic carbocycles. The molecular formula is C50H32N6. The van der Waals surface area contributed by atoms with E-state index in [4.69, 9.17) is 15.8 Å². The highest BCUT2D eigenvalue weighted by atomic mass is 15.5. The molecule has 6 heteroatoms. The van der Waals surface area contributed by atoms with Crippen LogP contribution in [0.1, 0.15) is 44.5 Å². The summed E-state index contributed by atoms with van der Waals surface area (Å²) in [6, 6.07) is 42.4. The Morgan fingerprint density at radius 2 is 0.661 bits per heavy atom. The maximum Gasteiger partial charge on any atom is 0.225 e. The number of rotatable bonds is 4. The molecule has 6 nitrogen and oxygen atoms in total. The summed E-state index contributed by atoms with van der Waals surface area (Å²) < 4.78 is 0. The van der Waals surface area contributed by atoms with E-state index in [2.05, 4.69) is 181 Å². The molecule has 0 saturated heterocycles. The van der Waals surface area contributed by atoms with Gasteiger partial charge >= 0.3 is 0 Å². The fourth-order valence-electron chi connectivity index (χ4n) is 8.92. The van der Waals surface area contributed by atoms with E-state index < -0.39 is 0 Å². The second kappa shape index (κ2) is 11.7. The minimum Gasteiger partial charge on any atom is -0.324 e. The standard InChI is InChI=1S/C50H32N6/c51-56(49(52-41-25-21-33-17-13-29-5-1-9-37(41)45(29)33)53-42-26-22-34-18-14-30-6-2-10-38(42)46(30)34)50(54-43-27-23-35-19-15-31-7-3-11-39(43)47(31)35)55-44-28-24-36-20-16-32-8-4-12-40(44)48(32)36/h1-28H,51H2,(H,52,53)(H,54,55). The lowest BCUT2D eigenvalue weighted by Crippen LogP contribution is -2.49. The third-order valence-corrected chi connectivity index (χ3v) is 11.5. The lowest BCUT2D eigenvalue weighted by molar-refractivity contribution is 0.650. The van der Waals surface area contributed by atoms with Crippen molar-refractivity contribution in [3.8, 4) is 0 Å². The van der Waals surface area contributed by atoms with E-state index in [0.29, 0.717) is 11.9 Å². The number of hydrazine groups is 1. The van der Waals surface area contributed by atoms with Crippen LogP contribution in [0.15, 0.2) is 131 Å². The monoisotopic (exact) mass is 716 g/mol. The van der Waals surface area contributed by atoms with Gasteiger partial charge in [0.05, 0.1) is 11.4 Å². The molecule has 56 heavy (non-hydrogen) atoms. The molecule has 0 heterocycles. The van der Waals surface area contributed by atoms with E-state index in [9.17, 15) is 0 Å². The summed E-state index contributed by atoms with van der Waals surface area (Å²) in [5.41, 5.74) is 12.9. The number of anilines is 2. The summed E-state index contributed by atoms with van der Waals surface area (Å²) in [7, 11) is 0. The maximum absolute atomic E-state index is 7.42. The first-order chi connectivity index (χ1) is 27.6. The first kappa shape index (κ1) is 30.9. The molecule has 0 bridgehead atoms. The minimum atomic E-state index is 0.412. The van der Waals surface area contributed by atoms with Gasteiger partial charge in [-0.05, 0) is 90.3 Å². The first-order valence-electron chi connectivity index (χ1n) is 18.9. The zero-order valence-electron chi connectivity index (χ0n) is 30.1. The number of hydrogen-bond acceptors (Lipinski definition) is 3. The SMILES string of the molecule is NN(C(=Nc1ccc2c3c(cccc13)C=C2)Nc1ccc2c3c(cccc13)C=C2)C(=Nc1ccc2c3c(cccc13)C=C2)Nc1ccc2c3c(cccc13)C=C2. The van der Waals surface area contributed by atoms with Crippen molar-refractivity contribution in [2.75, 3.05) is 10.6 Å². The molecule has 0 saturated carbocycles. The van der Waals surface area contributed by atoms with Crippen LogP contribution in [-0.2, 0) is 0 Å². The Hall–Kier alpha value is -7.54. The van der Waals surface area contributed by atoms with Crippen LogP contribution in [0.5, 0.6) is 0 Å². The second-order valence-electron chi connectivity index (χ2n) is 14.7. The Morgan fingerprint density at radius 1 is 0.357 bits per heavy atom. The average Bonchev–Trinajstić information content (AvgIpc) is 4.06. The van der Waals surface area contributed by atoms with Crippen molar-refractivity contribution in [2.45, 2.75) is 0 Å². The third kappa shape index (κ3) is 4.60. The number of nitrogens with zero attached hydrogens (tertiary/aromatic N) is 3. The molecule has 8 aromatic carbocycles. The van der Waals surface area contributed by atoms with Crippen LogP contribution in [0.2, 0.25) is 0 Å². The first-order valence-corrected chi connectivity index (χ1v) is 18.9. The molecule has 0 spiro atoms. The number of nitrogens with two attached hydrogens (primary N) is 1. The number of hydrogen-bond donors (Lipinski definition) is 3. The van der Waals surface area contributed by atoms with E-state index >= 15 is 0 Å². The molecule has 4 aliphatic rings. The number of benzene rings is 8. The van der Waals surface area contributed by atoms with Crippen LogP contribution in [0.4, 0.5) is 22.7 Å². The van der Waals surface area contributed by atoms with Gasteiger partial charge in [-0.25, -0.2) is 20.8 Å². The molecule has 0 unspecified atom stereocenters. The second-order valence-corrected chi connectivity index (χ2v) is 14.7. The highest BCUT2D eigenvalue weighted by Crippen LogP contribution is 2.41. The average molecular weight is 717 g/mol. The third-order valence-electron chi connectivity index (χ3n) is 11.5. The van der Waals surface area contributed by atoms with Crippen LogP contribution < -0.4 is 16.5 Å². The quantitative estimate of drug-likeness (QED) is 0.0733. The Balaban J connectivity index is 1.07. The van der Waals surface area contributed by atoms with Gasteiger partial charge in [0.15, 0.2) is 0 Å². The van der Waals surface area contributed by atoms with Gasteiger partial charge in [-0.15, -0.1) is 0 Å². The summed E-state index contributed by atoms with van der Waals surface area (Å²) in [5, 5.41) is 18.0. The zero-order chi connectivity index (χ0) is 36.9. The van der Waals surface area contributed by atoms with E-state index in [-0.39, 0.29) is 0 Å². The Kier molecular flexibility index (Phi) is 6.47. The minimum absolute atomic E-state index is 0.412. The highest BCUT2D eigenvalue weighted by Gasteiger charge is 2.23. The molecule has 0 atom stereocenters. The molecule has 0 radical (unpaired) electrons. The Bertz CT molecular complexity index is 3000. The van der Waals surface area contributed by atoms with Crippen LogP contribution in [0, 0.1) is 0 Å². The van der Waals surface area contributed by atoms with Crippen molar-refractivity contribution in [3.05, 3.63) is 166 Å². The van der Waals surface area contributed by atoms with Crippen molar-refractivity contribution in [1.29, 1.82) is 0 Å². The van der Waals surface area contributed by atoms with Crippen LogP contribution in [0.25, 0.3) is 91.7 Å². The van der Waals surface area contributed by atoms with Gasteiger partial charge in [-0.3, -0.25) is 0 Å². The van der Waals surface area contributed by atoms with E-state index in [1.165, 1.54) is 66.1 Å². The Labute approximate surface area is 322 Å². The summed E-state index contributed by atoms with van der Waals surface area (Å²) in [4.78, 5) is 10.8. The van der Waals surface area contributed by atoms with Gasteiger partial charge in [0.25, 0.3) is 0 Å². The van der Waals surface area contributed by atoms with Crippen LogP contribution in [0.3, 0.4) is 0 Å². The molecule has 0 aliphatic heterocycles. The van der Waals surface area contributed by atoms with E-state index in [1.807, 2.05) is 0 Å². The number of guanidine groups is 2. The summed E-state index contributed by atoms with van der Waals surface area (Å²) in [6.07, 6.45) is 17.3. The molecule has 12 rings (SSSR count). The lowest BCUT2D eigenvalue weighted by Gasteiger charge is -2.26. The number of nitrogens with one attached hydrogen (secondary N) is 2. The predicted octanol–water partition coefficient (Wildman–Crippen LogP) is 12.3. The lowest BCUT2D eigenvalue weighted by atomic mass is 10.0. The van der Waals surface area contributed by atoms with Gasteiger partial charge in [0.2, 0.25) is 11.9 Å². The van der Waals surface area contributed by atoms with Gasteiger partial charge in [0.1, 0.15) is 0 Å². The van der Waals surface area contributed by atoms with Gasteiger partial charge in [-0.2, -0.15) is 0 Å². The molecule has 0 amide bonds. The van der Waals surface area contributed by atoms with Gasteiger partial charge in [0, 0.05) is 32.9 Å². The molecule has 8 aromatic rings. The van der Waals surface area contributed by atoms with E-state index in [0.717, 1.165) is 44.3 Å². The topological polar surface area (TPSA) is 78.0 Å². The zero-order valence-corrected chi connectivity index (χ0v) is 30.1. The van der Waals surface area contributed by atoms with Crippen molar-refractivity contribution < 1.29 is 0 Å². The predicted molar refractivity (Wildman–Crippen MR) is 239 cm³/mol. The van der Waals surface area contributed by atoms with Gasteiger partial charge < -0.3 is 10.6 Å². The summed E-state index contributed by atoms with van der Waals surface area (Å²) >= 11 is 0. The highest BCUT2D eigenvalue weighted by molar-refractivity contribution is 6.19. The van der Waals surface area contributed by atoms with Crippen LogP contribution in [-0.4, -0.2) is 16.9 Å². The fourth-order valence-corrected chi connectivity index (χ4v) is 8.92. The van der Waals surface area contributed by atoms with Crippen LogP contribution >= 0.6 is 0 Å². The maximum atomic E-state index is 7.42. The number of aliphatic imine (C=N–C) groups is 2. The fraction of sp³-hybridized carbons (Fsp3) is 0. The van der Waals surface area contributed by atoms with Gasteiger partial charge in [-0.1, -0.05) is 146 Å².